The maximum atomic E-state index is 12.5. The van der Waals surface area contributed by atoms with Gasteiger partial charge in [0.25, 0.3) is 5.56 Å². The van der Waals surface area contributed by atoms with Crippen molar-refractivity contribution in [3.05, 3.63) is 74.7 Å². The molecule has 0 saturated heterocycles. The number of nitrogens with one attached hydrogen (secondary N) is 1. The van der Waals surface area contributed by atoms with Gasteiger partial charge in [0.05, 0.1) is 11.3 Å². The van der Waals surface area contributed by atoms with Gasteiger partial charge < -0.3 is 10.2 Å². The second-order valence-corrected chi connectivity index (χ2v) is 7.47. The van der Waals surface area contributed by atoms with Crippen molar-refractivity contribution in [1.29, 1.82) is 0 Å². The van der Waals surface area contributed by atoms with Crippen LogP contribution in [0.1, 0.15) is 40.8 Å². The average molecular weight is 418 g/mol. The van der Waals surface area contributed by atoms with Crippen LogP contribution < -0.4 is 5.56 Å². The highest BCUT2D eigenvalue weighted by Gasteiger charge is 2.11. The predicted molar refractivity (Wildman–Crippen MR) is 120 cm³/mol. The van der Waals surface area contributed by atoms with Crippen LogP contribution in [-0.4, -0.2) is 26.6 Å². The number of phenols is 1. The molecule has 160 valence electrons. The average Bonchev–Trinajstić information content (AvgIpc) is 2.99. The van der Waals surface area contributed by atoms with Crippen molar-refractivity contribution in [3.8, 4) is 17.6 Å². The number of hydrogen-bond acceptors (Lipinski definition) is 5. The molecular weight excluding hydrogens is 392 g/mol. The number of azo groups is 1. The van der Waals surface area contributed by atoms with Crippen LogP contribution in [0.25, 0.3) is 0 Å². The lowest BCUT2D eigenvalue weighted by atomic mass is 10.1. The van der Waals surface area contributed by atoms with E-state index in [1.807, 2.05) is 26.0 Å². The Labute approximate surface area is 181 Å². The van der Waals surface area contributed by atoms with Gasteiger partial charge in [-0.05, 0) is 69.0 Å². The van der Waals surface area contributed by atoms with Gasteiger partial charge in [-0.3, -0.25) is 14.6 Å². The van der Waals surface area contributed by atoms with Crippen molar-refractivity contribution in [2.45, 2.75) is 40.2 Å². The lowest BCUT2D eigenvalue weighted by molar-refractivity contribution is 0.280. The molecule has 3 aromatic rings. The quantitative estimate of drug-likeness (QED) is 0.314. The van der Waals surface area contributed by atoms with Crippen molar-refractivity contribution in [2.75, 3.05) is 6.61 Å². The zero-order valence-electron chi connectivity index (χ0n) is 17.9. The topological polar surface area (TPSA) is 103 Å². The van der Waals surface area contributed by atoms with Crippen LogP contribution in [0, 0.1) is 32.6 Å². The Hall–Kier alpha value is -3.63. The number of unbranched alkanes of at least 4 members (excludes halogenated alkanes) is 1. The molecule has 0 bridgehead atoms. The third-order valence-corrected chi connectivity index (χ3v) is 4.73. The van der Waals surface area contributed by atoms with Crippen molar-refractivity contribution < 1.29 is 10.2 Å². The van der Waals surface area contributed by atoms with E-state index >= 15 is 0 Å². The number of H-pyrrole nitrogens is 1. The third kappa shape index (κ3) is 5.50. The van der Waals surface area contributed by atoms with Crippen molar-refractivity contribution in [3.63, 3.8) is 0 Å². The minimum atomic E-state index is -0.288. The van der Waals surface area contributed by atoms with Crippen molar-refractivity contribution >= 4 is 11.4 Å². The molecule has 0 aliphatic carbocycles. The summed E-state index contributed by atoms with van der Waals surface area (Å²) in [4.78, 5) is 12.5. The fourth-order valence-electron chi connectivity index (χ4n) is 3.25. The Kier molecular flexibility index (Phi) is 7.06. The number of aromatic nitrogens is 2. The lowest BCUT2D eigenvalue weighted by Crippen LogP contribution is -2.16. The summed E-state index contributed by atoms with van der Waals surface area (Å²) < 4.78 is 1.45. The van der Waals surface area contributed by atoms with E-state index in [9.17, 15) is 9.90 Å². The molecule has 0 radical (unpaired) electrons. The van der Waals surface area contributed by atoms with Crippen LogP contribution in [-0.2, 0) is 6.54 Å². The normalized spacial score (nSPS) is 11.0. The molecule has 0 unspecified atom stereocenters. The van der Waals surface area contributed by atoms with Gasteiger partial charge in [0.1, 0.15) is 5.69 Å². The van der Waals surface area contributed by atoms with Crippen LogP contribution in [0.15, 0.2) is 51.4 Å². The summed E-state index contributed by atoms with van der Waals surface area (Å²) in [6, 6.07) is 11.1. The molecule has 0 amide bonds. The van der Waals surface area contributed by atoms with Gasteiger partial charge in [-0.2, -0.15) is 0 Å². The first-order chi connectivity index (χ1) is 14.9. The third-order valence-electron chi connectivity index (χ3n) is 4.73. The summed E-state index contributed by atoms with van der Waals surface area (Å²) in [6.07, 6.45) is 1.29. The Morgan fingerprint density at radius 3 is 2.48 bits per heavy atom. The Bertz CT molecular complexity index is 1210. The molecular formula is C24H26N4O3. The Morgan fingerprint density at radius 1 is 1.03 bits per heavy atom. The molecule has 7 heteroatoms. The summed E-state index contributed by atoms with van der Waals surface area (Å²) in [5.41, 5.74) is 4.28. The molecule has 0 atom stereocenters. The second-order valence-electron chi connectivity index (χ2n) is 7.47. The van der Waals surface area contributed by atoms with Gasteiger partial charge in [-0.15, -0.1) is 10.2 Å². The van der Waals surface area contributed by atoms with E-state index < -0.39 is 0 Å². The largest absolute Gasteiger partial charge is 0.504 e. The molecule has 1 heterocycles. The molecule has 0 saturated carbocycles. The standard InChI is InChI=1S/C24H26N4O3/c1-16-13-17(2)15-19(14-16)9-10-20-7-6-8-21(23(20)30)25-26-22-18(3)27-28(24(22)31)11-4-5-12-29/h6-8,13-15,27,29-30H,4-5,11-12H2,1-3H3. The van der Waals surface area contributed by atoms with Gasteiger partial charge in [0.15, 0.2) is 11.4 Å². The van der Waals surface area contributed by atoms with E-state index in [-0.39, 0.29) is 29.3 Å². The van der Waals surface area contributed by atoms with E-state index in [0.29, 0.717) is 30.6 Å². The summed E-state index contributed by atoms with van der Waals surface area (Å²) in [6.45, 7) is 6.32. The zero-order chi connectivity index (χ0) is 22.4. The molecule has 0 fully saturated rings. The van der Waals surface area contributed by atoms with Crippen LogP contribution in [0.4, 0.5) is 11.4 Å². The van der Waals surface area contributed by atoms with Crippen molar-refractivity contribution in [1.82, 2.24) is 9.78 Å². The summed E-state index contributed by atoms with van der Waals surface area (Å²) >= 11 is 0. The second kappa shape index (κ2) is 9.92. The van der Waals surface area contributed by atoms with Crippen LogP contribution >= 0.6 is 0 Å². The first-order valence-electron chi connectivity index (χ1n) is 10.1. The van der Waals surface area contributed by atoms with Crippen LogP contribution in [0.5, 0.6) is 5.75 Å². The zero-order valence-corrected chi connectivity index (χ0v) is 17.9. The highest BCUT2D eigenvalue weighted by Crippen LogP contribution is 2.31. The van der Waals surface area contributed by atoms with Crippen molar-refractivity contribution in [2.24, 2.45) is 10.2 Å². The Morgan fingerprint density at radius 2 is 1.77 bits per heavy atom. The first-order valence-corrected chi connectivity index (χ1v) is 10.1. The van der Waals surface area contributed by atoms with Gasteiger partial charge in [-0.25, -0.2) is 0 Å². The van der Waals surface area contributed by atoms with E-state index in [0.717, 1.165) is 16.7 Å². The summed E-state index contributed by atoms with van der Waals surface area (Å²) in [7, 11) is 0. The molecule has 31 heavy (non-hydrogen) atoms. The van der Waals surface area contributed by atoms with Gasteiger partial charge in [0, 0.05) is 18.7 Å². The van der Waals surface area contributed by atoms with Gasteiger partial charge in [0.2, 0.25) is 0 Å². The minimum absolute atomic E-state index is 0.0837. The molecule has 0 aliphatic rings. The number of aromatic hydroxyl groups is 1. The lowest BCUT2D eigenvalue weighted by Gasteiger charge is -2.01. The molecule has 0 spiro atoms. The Balaban J connectivity index is 1.85. The number of benzene rings is 2. The molecule has 0 aliphatic heterocycles. The molecule has 7 nitrogen and oxygen atoms in total. The number of nitrogens with zero attached hydrogens (tertiary/aromatic N) is 3. The molecule has 3 N–H and O–H groups in total. The SMILES string of the molecule is Cc1cc(C)cc(C#Cc2cccc(N=Nc3c(C)[nH]n(CCCCO)c3=O)c2O)c1. The highest BCUT2D eigenvalue weighted by atomic mass is 16.3. The molecule has 3 rings (SSSR count). The first kappa shape index (κ1) is 22.1. The fraction of sp³-hybridized carbons (Fsp3) is 0.292. The number of aromatic amines is 1. The van der Waals surface area contributed by atoms with E-state index in [1.54, 1.807) is 25.1 Å². The van der Waals surface area contributed by atoms with E-state index in [2.05, 4.69) is 33.2 Å². The summed E-state index contributed by atoms with van der Waals surface area (Å²) in [5.74, 6) is 5.97. The van der Waals surface area contributed by atoms with E-state index in [1.165, 1.54) is 4.68 Å². The fourth-order valence-corrected chi connectivity index (χ4v) is 3.25. The number of hydrogen-bond donors (Lipinski definition) is 3. The maximum absolute atomic E-state index is 12.5. The van der Waals surface area contributed by atoms with Gasteiger partial charge >= 0.3 is 0 Å². The number of aryl methyl sites for hydroxylation is 4. The van der Waals surface area contributed by atoms with Gasteiger partial charge in [-0.1, -0.05) is 24.0 Å². The number of aliphatic hydroxyl groups excluding tert-OH is 1. The molecule has 1 aromatic heterocycles. The maximum Gasteiger partial charge on any atom is 0.294 e. The number of para-hydroxylation sites is 1. The summed E-state index contributed by atoms with van der Waals surface area (Å²) in [5, 5.41) is 30.6. The van der Waals surface area contributed by atoms with E-state index in [4.69, 9.17) is 5.11 Å². The molecule has 2 aromatic carbocycles. The highest BCUT2D eigenvalue weighted by molar-refractivity contribution is 5.61. The smallest absolute Gasteiger partial charge is 0.294 e. The predicted octanol–water partition coefficient (Wildman–Crippen LogP) is 4.39. The number of rotatable bonds is 6. The number of phenolic OH excluding ortho intramolecular Hbond substituents is 1. The number of aliphatic hydroxyl groups is 1. The monoisotopic (exact) mass is 418 g/mol. The van der Waals surface area contributed by atoms with Crippen LogP contribution in [0.3, 0.4) is 0 Å². The van der Waals surface area contributed by atoms with Crippen LogP contribution in [0.2, 0.25) is 0 Å². The minimum Gasteiger partial charge on any atom is -0.504 e.